The summed E-state index contributed by atoms with van der Waals surface area (Å²) in [4.78, 5) is 8.30. The van der Waals surface area contributed by atoms with Crippen molar-refractivity contribution >= 4 is 0 Å². The molecule has 210 valence electrons. The molecule has 1 aliphatic heterocycles. The Bertz CT molecular complexity index is 808. The number of hydrogen-bond donors (Lipinski definition) is 1. The summed E-state index contributed by atoms with van der Waals surface area (Å²) >= 11 is 0. The van der Waals surface area contributed by atoms with Crippen molar-refractivity contribution in [1.82, 2.24) is 15.3 Å². The van der Waals surface area contributed by atoms with Crippen LogP contribution in [0.3, 0.4) is 0 Å². The maximum atomic E-state index is 4.25. The number of dihydropyridines is 1. The van der Waals surface area contributed by atoms with E-state index in [1.807, 2.05) is 84.4 Å². The van der Waals surface area contributed by atoms with Gasteiger partial charge in [0.2, 0.25) is 0 Å². The van der Waals surface area contributed by atoms with Crippen molar-refractivity contribution in [2.75, 3.05) is 0 Å². The van der Waals surface area contributed by atoms with Crippen LogP contribution in [0.25, 0.3) is 0 Å². The maximum Gasteiger partial charge on any atom is 0.0457 e. The van der Waals surface area contributed by atoms with Crippen LogP contribution in [0.4, 0.5) is 0 Å². The quantitative estimate of drug-likeness (QED) is 0.384. The summed E-state index contributed by atoms with van der Waals surface area (Å²) in [7, 11) is 0. The molecule has 0 unspecified atom stereocenters. The molecule has 0 atom stereocenters. The van der Waals surface area contributed by atoms with Gasteiger partial charge in [-0.15, -0.1) is 0 Å². The van der Waals surface area contributed by atoms with Gasteiger partial charge >= 0.3 is 0 Å². The fourth-order valence-electron chi connectivity index (χ4n) is 2.79. The first-order valence-corrected chi connectivity index (χ1v) is 13.9. The molecule has 0 spiro atoms. The molecule has 0 aliphatic carbocycles. The lowest BCUT2D eigenvalue weighted by molar-refractivity contribution is 0.504. The van der Waals surface area contributed by atoms with E-state index < -0.39 is 0 Å². The highest BCUT2D eigenvalue weighted by atomic mass is 14.9. The maximum absolute atomic E-state index is 4.25. The van der Waals surface area contributed by atoms with Gasteiger partial charge in [-0.05, 0) is 46.2 Å². The van der Waals surface area contributed by atoms with Crippen molar-refractivity contribution in [2.24, 2.45) is 5.41 Å². The lowest BCUT2D eigenvalue weighted by Crippen LogP contribution is -2.19. The van der Waals surface area contributed by atoms with Crippen molar-refractivity contribution in [3.8, 4) is 0 Å². The van der Waals surface area contributed by atoms with Gasteiger partial charge in [0.05, 0.1) is 0 Å². The zero-order valence-corrected chi connectivity index (χ0v) is 27.0. The van der Waals surface area contributed by atoms with Gasteiger partial charge < -0.3 is 5.32 Å². The topological polar surface area (TPSA) is 37.8 Å². The van der Waals surface area contributed by atoms with Gasteiger partial charge in [0, 0.05) is 41.6 Å². The number of nitrogens with one attached hydrogen (secondary N) is 1. The molecule has 0 radical (unpaired) electrons. The standard InChI is InChI=1S/C10H15N.2C9H13N.3C2H6/c1-8-9(10(2,3)4)6-5-7-11-8;1-9(2,3)8-5-4-6-10-7-8;1-9(2,3)8-6-4-5-7-10-8;3*1-2/h5-7,11H,1H2,2-4H3;2*4-7H,1-3H3;3*1-2H3. The van der Waals surface area contributed by atoms with Crippen LogP contribution in [0.15, 0.2) is 85.1 Å². The Balaban J connectivity index is -0.000000425. The summed E-state index contributed by atoms with van der Waals surface area (Å²) in [5.41, 5.74) is 5.33. The molecular weight excluding hydrogens is 450 g/mol. The second-order valence-electron chi connectivity index (χ2n) is 10.8. The molecule has 3 nitrogen and oxygen atoms in total. The average Bonchev–Trinajstić information content (AvgIpc) is 2.88. The van der Waals surface area contributed by atoms with Crippen LogP contribution in [0.1, 0.15) is 115 Å². The first kappa shape index (κ1) is 38.8. The van der Waals surface area contributed by atoms with E-state index in [2.05, 4.69) is 102 Å². The van der Waals surface area contributed by atoms with Crippen molar-refractivity contribution in [3.05, 3.63) is 96.4 Å². The molecule has 0 bridgehead atoms. The second-order valence-corrected chi connectivity index (χ2v) is 10.8. The summed E-state index contributed by atoms with van der Waals surface area (Å²) in [6.45, 7) is 35.5. The number of hydrogen-bond acceptors (Lipinski definition) is 3. The van der Waals surface area contributed by atoms with E-state index >= 15 is 0 Å². The lowest BCUT2D eigenvalue weighted by Gasteiger charge is -2.26. The Morgan fingerprint density at radius 1 is 0.676 bits per heavy atom. The Morgan fingerprint density at radius 3 is 1.51 bits per heavy atom. The van der Waals surface area contributed by atoms with E-state index in [9.17, 15) is 0 Å². The van der Waals surface area contributed by atoms with E-state index in [1.54, 1.807) is 6.20 Å². The van der Waals surface area contributed by atoms with Gasteiger partial charge in [-0.2, -0.15) is 0 Å². The third kappa shape index (κ3) is 18.2. The smallest absolute Gasteiger partial charge is 0.0457 e. The molecule has 0 amide bonds. The van der Waals surface area contributed by atoms with E-state index in [-0.39, 0.29) is 16.2 Å². The second kappa shape index (κ2) is 20.4. The average molecular weight is 510 g/mol. The van der Waals surface area contributed by atoms with E-state index in [1.165, 1.54) is 11.1 Å². The molecular formula is C34H59N3. The monoisotopic (exact) mass is 509 g/mol. The Hall–Kier alpha value is -2.68. The van der Waals surface area contributed by atoms with Crippen molar-refractivity contribution in [1.29, 1.82) is 0 Å². The van der Waals surface area contributed by atoms with Crippen LogP contribution in [0.2, 0.25) is 0 Å². The van der Waals surface area contributed by atoms with Gasteiger partial charge in [0.1, 0.15) is 0 Å². The molecule has 3 heteroatoms. The highest BCUT2D eigenvalue weighted by molar-refractivity contribution is 5.38. The molecule has 37 heavy (non-hydrogen) atoms. The minimum Gasteiger partial charge on any atom is -0.362 e. The van der Waals surface area contributed by atoms with Gasteiger partial charge in [0.25, 0.3) is 0 Å². The first-order valence-electron chi connectivity index (χ1n) is 13.9. The van der Waals surface area contributed by atoms with Crippen LogP contribution in [0.5, 0.6) is 0 Å². The zero-order chi connectivity index (χ0) is 29.7. The third-order valence-corrected chi connectivity index (χ3v) is 4.71. The molecule has 2 aromatic rings. The van der Waals surface area contributed by atoms with Crippen LogP contribution in [0, 0.1) is 5.41 Å². The van der Waals surface area contributed by atoms with Crippen molar-refractivity contribution in [2.45, 2.75) is 115 Å². The number of rotatable bonds is 0. The molecule has 0 fully saturated rings. The molecule has 0 saturated carbocycles. The van der Waals surface area contributed by atoms with Crippen molar-refractivity contribution < 1.29 is 0 Å². The molecule has 1 N–H and O–H groups in total. The predicted octanol–water partition coefficient (Wildman–Crippen LogP) is 10.4. The van der Waals surface area contributed by atoms with Gasteiger partial charge in [0.15, 0.2) is 0 Å². The molecule has 1 aliphatic rings. The van der Waals surface area contributed by atoms with E-state index in [0.29, 0.717) is 0 Å². The lowest BCUT2D eigenvalue weighted by atomic mass is 9.84. The Kier molecular flexibility index (Phi) is 21.4. The van der Waals surface area contributed by atoms with Gasteiger partial charge in [-0.3, -0.25) is 9.97 Å². The van der Waals surface area contributed by atoms with Gasteiger partial charge in [-0.25, -0.2) is 0 Å². The van der Waals surface area contributed by atoms with E-state index in [0.717, 1.165) is 11.4 Å². The molecule has 3 rings (SSSR count). The van der Waals surface area contributed by atoms with Crippen LogP contribution < -0.4 is 5.32 Å². The SMILES string of the molecule is C=C1NC=CC=C1C(C)(C)C.CC.CC.CC.CC(C)(C)c1ccccn1.CC(C)(C)c1cccnc1. The fraction of sp³-hybridized carbons (Fsp3) is 0.529. The molecule has 0 aromatic carbocycles. The molecule has 0 saturated heterocycles. The van der Waals surface area contributed by atoms with Crippen molar-refractivity contribution in [3.63, 3.8) is 0 Å². The minimum absolute atomic E-state index is 0.182. The van der Waals surface area contributed by atoms with Gasteiger partial charge in [-0.1, -0.05) is 129 Å². The summed E-state index contributed by atoms with van der Waals surface area (Å²) in [5, 5.41) is 3.10. The minimum atomic E-state index is 0.182. The van der Waals surface area contributed by atoms with Crippen LogP contribution in [-0.2, 0) is 10.8 Å². The highest BCUT2D eigenvalue weighted by Crippen LogP contribution is 2.30. The summed E-state index contributed by atoms with van der Waals surface area (Å²) < 4.78 is 0. The Labute approximate surface area is 231 Å². The largest absolute Gasteiger partial charge is 0.362 e. The fourth-order valence-corrected chi connectivity index (χ4v) is 2.79. The normalized spacial score (nSPS) is 12.0. The predicted molar refractivity (Wildman–Crippen MR) is 169 cm³/mol. The number of aromatic nitrogens is 2. The van der Waals surface area contributed by atoms with E-state index in [4.69, 9.17) is 0 Å². The first-order chi connectivity index (χ1) is 17.2. The summed E-state index contributed by atoms with van der Waals surface area (Å²) in [6, 6.07) is 10.1. The summed E-state index contributed by atoms with van der Waals surface area (Å²) in [5.74, 6) is 0. The number of nitrogens with zero attached hydrogens (tertiary/aromatic N) is 2. The van der Waals surface area contributed by atoms with Crippen LogP contribution >= 0.6 is 0 Å². The molecule has 3 heterocycles. The number of pyridine rings is 2. The Morgan fingerprint density at radius 2 is 1.24 bits per heavy atom. The molecule has 2 aromatic heterocycles. The summed E-state index contributed by atoms with van der Waals surface area (Å²) in [6.07, 6.45) is 11.6. The zero-order valence-electron chi connectivity index (χ0n) is 27.0. The number of allylic oxidation sites excluding steroid dienone is 3. The van der Waals surface area contributed by atoms with Crippen LogP contribution in [-0.4, -0.2) is 9.97 Å². The highest BCUT2D eigenvalue weighted by Gasteiger charge is 2.19. The third-order valence-electron chi connectivity index (χ3n) is 4.71.